The number of carboxylic acids is 2. The fraction of sp³-hybridized carbons (Fsp3) is 0.714. The average molecular weight is 176 g/mol. The molecular weight excluding hydrogens is 164 g/mol. The largest absolute Gasteiger partial charge is 0.481 e. The first-order valence-corrected chi connectivity index (χ1v) is 3.33. The molecule has 0 radical (unpaired) electrons. The minimum absolute atomic E-state index is 1.17. The third kappa shape index (κ3) is 1.94. The topological polar surface area (TPSA) is 83.8 Å². The monoisotopic (exact) mass is 176 g/mol. The van der Waals surface area contributed by atoms with Crippen LogP contribution < -0.4 is 0 Å². The number of hydrogen-bond acceptors (Lipinski definition) is 3. The summed E-state index contributed by atoms with van der Waals surface area (Å²) in [4.78, 5) is 21.1. The molecule has 0 saturated heterocycles. The van der Waals surface area contributed by atoms with Crippen molar-refractivity contribution in [1.29, 1.82) is 0 Å². The molecule has 70 valence electrons. The Hall–Kier alpha value is -1.10. The maximum Gasteiger partial charge on any atom is 0.333 e. The van der Waals surface area contributed by atoms with Gasteiger partial charge >= 0.3 is 11.9 Å². The van der Waals surface area contributed by atoms with Crippen LogP contribution in [0.15, 0.2) is 0 Å². The third-order valence-corrected chi connectivity index (χ3v) is 1.67. The molecule has 0 aliphatic rings. The standard InChI is InChI=1S/C7H12O5/c1-7(2,6(10)11)4(12-3)5(8)9/h4H,1-3H3,(H,8,9)(H,10,11). The van der Waals surface area contributed by atoms with Crippen molar-refractivity contribution in [2.24, 2.45) is 5.41 Å². The lowest BCUT2D eigenvalue weighted by molar-refractivity contribution is -0.169. The predicted molar refractivity (Wildman–Crippen MR) is 39.8 cm³/mol. The smallest absolute Gasteiger partial charge is 0.333 e. The van der Waals surface area contributed by atoms with Gasteiger partial charge in [-0.05, 0) is 13.8 Å². The lowest BCUT2D eigenvalue weighted by Gasteiger charge is -2.25. The van der Waals surface area contributed by atoms with Gasteiger partial charge in [0.2, 0.25) is 0 Å². The van der Waals surface area contributed by atoms with Crippen molar-refractivity contribution in [2.75, 3.05) is 7.11 Å². The Balaban J connectivity index is 4.71. The Morgan fingerprint density at radius 2 is 1.75 bits per heavy atom. The molecule has 0 rings (SSSR count). The normalized spacial score (nSPS) is 13.9. The average Bonchev–Trinajstić information content (AvgIpc) is 1.86. The van der Waals surface area contributed by atoms with Crippen LogP contribution in [0.25, 0.3) is 0 Å². The first-order valence-electron chi connectivity index (χ1n) is 3.33. The molecule has 1 unspecified atom stereocenters. The quantitative estimate of drug-likeness (QED) is 0.639. The molecule has 0 fully saturated rings. The molecule has 0 aliphatic heterocycles. The Morgan fingerprint density at radius 1 is 1.33 bits per heavy atom. The van der Waals surface area contributed by atoms with Crippen molar-refractivity contribution in [3.63, 3.8) is 0 Å². The zero-order valence-corrected chi connectivity index (χ0v) is 7.20. The molecule has 0 aliphatic carbocycles. The summed E-state index contributed by atoms with van der Waals surface area (Å²) in [6.07, 6.45) is -1.32. The summed E-state index contributed by atoms with van der Waals surface area (Å²) in [7, 11) is 1.17. The van der Waals surface area contributed by atoms with Crippen molar-refractivity contribution in [3.05, 3.63) is 0 Å². The highest BCUT2D eigenvalue weighted by atomic mass is 16.5. The van der Waals surface area contributed by atoms with Crippen molar-refractivity contribution in [3.8, 4) is 0 Å². The van der Waals surface area contributed by atoms with Gasteiger partial charge in [0.05, 0.1) is 5.41 Å². The van der Waals surface area contributed by atoms with Crippen LogP contribution in [0.5, 0.6) is 0 Å². The predicted octanol–water partition coefficient (Wildman–Crippen LogP) is 0.197. The van der Waals surface area contributed by atoms with Gasteiger partial charge in [-0.3, -0.25) is 4.79 Å². The van der Waals surface area contributed by atoms with Crippen LogP contribution in [0.3, 0.4) is 0 Å². The lowest BCUT2D eigenvalue weighted by Crippen LogP contribution is -2.43. The van der Waals surface area contributed by atoms with Gasteiger partial charge in [-0.2, -0.15) is 0 Å². The first kappa shape index (κ1) is 10.9. The van der Waals surface area contributed by atoms with Crippen molar-refractivity contribution >= 4 is 11.9 Å². The molecule has 0 spiro atoms. The number of aliphatic carboxylic acids is 2. The fourth-order valence-corrected chi connectivity index (χ4v) is 0.816. The van der Waals surface area contributed by atoms with E-state index in [1.807, 2.05) is 0 Å². The van der Waals surface area contributed by atoms with Crippen molar-refractivity contribution in [2.45, 2.75) is 20.0 Å². The van der Waals surface area contributed by atoms with E-state index in [0.717, 1.165) is 0 Å². The van der Waals surface area contributed by atoms with E-state index in [1.54, 1.807) is 0 Å². The van der Waals surface area contributed by atoms with E-state index in [1.165, 1.54) is 21.0 Å². The van der Waals surface area contributed by atoms with Gasteiger partial charge in [-0.25, -0.2) is 4.79 Å². The summed E-state index contributed by atoms with van der Waals surface area (Å²) in [5, 5.41) is 17.2. The van der Waals surface area contributed by atoms with E-state index in [4.69, 9.17) is 10.2 Å². The summed E-state index contributed by atoms with van der Waals surface area (Å²) in [6, 6.07) is 0. The first-order chi connectivity index (χ1) is 5.34. The second-order valence-corrected chi connectivity index (χ2v) is 2.98. The van der Waals surface area contributed by atoms with Crippen LogP contribution in [-0.4, -0.2) is 35.4 Å². The Bertz CT molecular complexity index is 196. The number of rotatable bonds is 4. The van der Waals surface area contributed by atoms with Gasteiger partial charge in [0.1, 0.15) is 0 Å². The van der Waals surface area contributed by atoms with Gasteiger partial charge in [-0.15, -0.1) is 0 Å². The van der Waals surface area contributed by atoms with Crippen LogP contribution in [0, 0.1) is 5.41 Å². The van der Waals surface area contributed by atoms with Gasteiger partial charge in [0, 0.05) is 7.11 Å². The molecular formula is C7H12O5. The molecule has 5 nitrogen and oxygen atoms in total. The van der Waals surface area contributed by atoms with Gasteiger partial charge in [0.25, 0.3) is 0 Å². The molecule has 0 heterocycles. The van der Waals surface area contributed by atoms with Gasteiger partial charge < -0.3 is 14.9 Å². The Morgan fingerprint density at radius 3 is 1.83 bits per heavy atom. The van der Waals surface area contributed by atoms with E-state index in [9.17, 15) is 9.59 Å². The van der Waals surface area contributed by atoms with Crippen LogP contribution in [0.2, 0.25) is 0 Å². The highest BCUT2D eigenvalue weighted by Crippen LogP contribution is 2.23. The molecule has 0 amide bonds. The molecule has 0 aromatic rings. The number of ether oxygens (including phenoxy) is 1. The van der Waals surface area contributed by atoms with Crippen LogP contribution in [-0.2, 0) is 14.3 Å². The highest BCUT2D eigenvalue weighted by molar-refractivity contribution is 5.84. The Kier molecular flexibility index (Phi) is 3.21. The van der Waals surface area contributed by atoms with Crippen LogP contribution in [0.1, 0.15) is 13.8 Å². The third-order valence-electron chi connectivity index (χ3n) is 1.67. The van der Waals surface area contributed by atoms with E-state index >= 15 is 0 Å². The van der Waals surface area contributed by atoms with Crippen LogP contribution in [0.4, 0.5) is 0 Å². The maximum atomic E-state index is 10.6. The summed E-state index contributed by atoms with van der Waals surface area (Å²) in [5.74, 6) is -2.47. The minimum atomic E-state index is -1.42. The molecule has 0 bridgehead atoms. The lowest BCUT2D eigenvalue weighted by atomic mass is 9.86. The number of carbonyl (C=O) groups is 2. The van der Waals surface area contributed by atoms with E-state index < -0.39 is 23.5 Å². The molecule has 5 heteroatoms. The number of hydrogen-bond donors (Lipinski definition) is 2. The molecule has 0 aromatic carbocycles. The zero-order chi connectivity index (χ0) is 9.94. The van der Waals surface area contributed by atoms with Crippen molar-refractivity contribution in [1.82, 2.24) is 0 Å². The minimum Gasteiger partial charge on any atom is -0.481 e. The summed E-state index contributed by atoms with van der Waals surface area (Å²) in [5.41, 5.74) is -1.42. The van der Waals surface area contributed by atoms with Crippen molar-refractivity contribution < 1.29 is 24.5 Å². The SMILES string of the molecule is COC(C(=O)O)C(C)(C)C(=O)O. The number of carboxylic acid groups (broad SMARTS) is 2. The van der Waals surface area contributed by atoms with E-state index in [-0.39, 0.29) is 0 Å². The summed E-state index contributed by atoms with van der Waals surface area (Å²) < 4.78 is 4.56. The second-order valence-electron chi connectivity index (χ2n) is 2.98. The zero-order valence-electron chi connectivity index (χ0n) is 7.20. The molecule has 1 atom stereocenters. The summed E-state index contributed by atoms with van der Waals surface area (Å²) in [6.45, 7) is 2.61. The molecule has 12 heavy (non-hydrogen) atoms. The highest BCUT2D eigenvalue weighted by Gasteiger charge is 2.41. The fourth-order valence-electron chi connectivity index (χ4n) is 0.816. The van der Waals surface area contributed by atoms with E-state index in [2.05, 4.69) is 4.74 Å². The molecule has 0 saturated carbocycles. The molecule has 2 N–H and O–H groups in total. The van der Waals surface area contributed by atoms with Gasteiger partial charge in [0.15, 0.2) is 6.10 Å². The number of methoxy groups -OCH3 is 1. The van der Waals surface area contributed by atoms with Crippen LogP contribution >= 0.6 is 0 Å². The Labute approximate surface area is 70.0 Å². The molecule has 0 aromatic heterocycles. The van der Waals surface area contributed by atoms with E-state index in [0.29, 0.717) is 0 Å². The van der Waals surface area contributed by atoms with Gasteiger partial charge in [-0.1, -0.05) is 0 Å². The maximum absolute atomic E-state index is 10.6. The summed E-state index contributed by atoms with van der Waals surface area (Å²) >= 11 is 0. The second kappa shape index (κ2) is 3.53.